The molecule has 0 saturated heterocycles. The molecule has 0 radical (unpaired) electrons. The molecule has 1 aromatic carbocycles. The highest BCUT2D eigenvalue weighted by molar-refractivity contribution is 5.96. The number of allylic oxidation sites excluding steroid dienone is 1. The Morgan fingerprint density at radius 3 is 2.33 bits per heavy atom. The van der Waals surface area contributed by atoms with Gasteiger partial charge in [-0.25, -0.2) is 0 Å². The quantitative estimate of drug-likeness (QED) is 0.557. The van der Waals surface area contributed by atoms with Crippen LogP contribution in [0.4, 0.5) is 0 Å². The highest BCUT2D eigenvalue weighted by Gasteiger charge is 2.07. The van der Waals surface area contributed by atoms with Crippen LogP contribution in [-0.2, 0) is 9.53 Å². The molecular weight excluding hydrogens is 188 g/mol. The summed E-state index contributed by atoms with van der Waals surface area (Å²) in [4.78, 5) is 11.5. The fourth-order valence-electron chi connectivity index (χ4n) is 1.16. The summed E-state index contributed by atoms with van der Waals surface area (Å²) in [5, 5.41) is 0. The summed E-state index contributed by atoms with van der Waals surface area (Å²) in [7, 11) is 1.58. The van der Waals surface area contributed by atoms with Gasteiger partial charge in [0.1, 0.15) is 5.76 Å². The number of carbonyl (C=O) groups is 1. The van der Waals surface area contributed by atoms with Gasteiger partial charge in [-0.1, -0.05) is 44.2 Å². The smallest absolute Gasteiger partial charge is 0.161 e. The van der Waals surface area contributed by atoms with E-state index in [-0.39, 0.29) is 11.7 Å². The first-order chi connectivity index (χ1) is 7.15. The molecule has 0 N–H and O–H groups in total. The Hall–Kier alpha value is -1.57. The van der Waals surface area contributed by atoms with Crippen molar-refractivity contribution in [2.24, 2.45) is 5.92 Å². The lowest BCUT2D eigenvalue weighted by Crippen LogP contribution is -2.04. The van der Waals surface area contributed by atoms with Crippen LogP contribution in [0.3, 0.4) is 0 Å². The van der Waals surface area contributed by atoms with E-state index in [2.05, 4.69) is 0 Å². The molecule has 2 heteroatoms. The summed E-state index contributed by atoms with van der Waals surface area (Å²) in [6.07, 6.45) is 1.56. The summed E-state index contributed by atoms with van der Waals surface area (Å²) in [6.45, 7) is 3.74. The van der Waals surface area contributed by atoms with E-state index in [4.69, 9.17) is 4.74 Å². The first kappa shape index (κ1) is 11.5. The average molecular weight is 204 g/mol. The molecule has 0 aliphatic rings. The largest absolute Gasteiger partial charge is 0.496 e. The molecule has 0 saturated carbocycles. The van der Waals surface area contributed by atoms with Crippen LogP contribution < -0.4 is 0 Å². The van der Waals surface area contributed by atoms with Gasteiger partial charge in [0.2, 0.25) is 0 Å². The average Bonchev–Trinajstić information content (AvgIpc) is 2.26. The molecule has 0 fully saturated rings. The summed E-state index contributed by atoms with van der Waals surface area (Å²) in [5.41, 5.74) is 0.925. The topological polar surface area (TPSA) is 26.3 Å². The predicted molar refractivity (Wildman–Crippen MR) is 61.3 cm³/mol. The summed E-state index contributed by atoms with van der Waals surface area (Å²) >= 11 is 0. The number of methoxy groups -OCH3 is 1. The first-order valence-corrected chi connectivity index (χ1v) is 5.00. The molecular formula is C13H16O2. The second kappa shape index (κ2) is 5.35. The minimum absolute atomic E-state index is 0.00105. The molecule has 0 spiro atoms. The van der Waals surface area contributed by atoms with E-state index >= 15 is 0 Å². The van der Waals surface area contributed by atoms with Gasteiger partial charge in [0, 0.05) is 17.6 Å². The predicted octanol–water partition coefficient (Wildman–Crippen LogP) is 2.90. The maximum absolute atomic E-state index is 11.5. The zero-order valence-corrected chi connectivity index (χ0v) is 9.36. The lowest BCUT2D eigenvalue weighted by molar-refractivity contribution is -0.117. The Kier molecular flexibility index (Phi) is 4.10. The van der Waals surface area contributed by atoms with Gasteiger partial charge in [-0.15, -0.1) is 0 Å². The lowest BCUT2D eigenvalue weighted by Gasteiger charge is -2.06. The van der Waals surface area contributed by atoms with Crippen LogP contribution in [0.5, 0.6) is 0 Å². The Bertz CT molecular complexity index is 350. The third-order valence-electron chi connectivity index (χ3n) is 2.12. The van der Waals surface area contributed by atoms with Crippen molar-refractivity contribution in [3.63, 3.8) is 0 Å². The highest BCUT2D eigenvalue weighted by Crippen LogP contribution is 2.15. The Labute approximate surface area is 90.6 Å². The SMILES string of the molecule is CO/C(=C\C(=O)C(C)C)c1ccccc1. The molecule has 0 unspecified atom stereocenters. The van der Waals surface area contributed by atoms with Crippen LogP contribution >= 0.6 is 0 Å². The number of hydrogen-bond donors (Lipinski definition) is 0. The van der Waals surface area contributed by atoms with E-state index in [1.807, 2.05) is 44.2 Å². The van der Waals surface area contributed by atoms with E-state index < -0.39 is 0 Å². The number of ether oxygens (including phenoxy) is 1. The lowest BCUT2D eigenvalue weighted by atomic mass is 10.1. The van der Waals surface area contributed by atoms with E-state index in [1.54, 1.807) is 13.2 Å². The molecule has 15 heavy (non-hydrogen) atoms. The van der Waals surface area contributed by atoms with Gasteiger partial charge >= 0.3 is 0 Å². The number of ketones is 1. The minimum atomic E-state index is -0.00105. The summed E-state index contributed by atoms with van der Waals surface area (Å²) in [5.74, 6) is 0.698. The molecule has 0 amide bonds. The Morgan fingerprint density at radius 1 is 1.27 bits per heavy atom. The van der Waals surface area contributed by atoms with Crippen molar-refractivity contribution in [2.75, 3.05) is 7.11 Å². The fourth-order valence-corrected chi connectivity index (χ4v) is 1.16. The van der Waals surface area contributed by atoms with E-state index in [0.29, 0.717) is 5.76 Å². The molecule has 80 valence electrons. The van der Waals surface area contributed by atoms with Crippen molar-refractivity contribution in [2.45, 2.75) is 13.8 Å². The van der Waals surface area contributed by atoms with Gasteiger partial charge in [-0.05, 0) is 0 Å². The molecule has 1 aromatic rings. The summed E-state index contributed by atoms with van der Waals surface area (Å²) < 4.78 is 5.20. The third kappa shape index (κ3) is 3.24. The minimum Gasteiger partial charge on any atom is -0.496 e. The second-order valence-corrected chi connectivity index (χ2v) is 3.64. The maximum atomic E-state index is 11.5. The zero-order valence-electron chi connectivity index (χ0n) is 9.36. The van der Waals surface area contributed by atoms with Gasteiger partial charge in [-0.2, -0.15) is 0 Å². The molecule has 0 aromatic heterocycles. The van der Waals surface area contributed by atoms with Crippen LogP contribution in [0, 0.1) is 5.92 Å². The molecule has 0 atom stereocenters. The van der Waals surface area contributed by atoms with Gasteiger partial charge in [0.25, 0.3) is 0 Å². The van der Waals surface area contributed by atoms with Crippen molar-refractivity contribution in [1.29, 1.82) is 0 Å². The van der Waals surface area contributed by atoms with Gasteiger partial charge < -0.3 is 4.74 Å². The van der Waals surface area contributed by atoms with Crippen LogP contribution in [0.15, 0.2) is 36.4 Å². The molecule has 1 rings (SSSR count). The molecule has 2 nitrogen and oxygen atoms in total. The van der Waals surface area contributed by atoms with Crippen LogP contribution in [0.25, 0.3) is 5.76 Å². The zero-order chi connectivity index (χ0) is 11.3. The van der Waals surface area contributed by atoms with Crippen molar-refractivity contribution in [3.05, 3.63) is 42.0 Å². The Balaban J connectivity index is 2.95. The van der Waals surface area contributed by atoms with E-state index in [1.165, 1.54) is 0 Å². The number of benzene rings is 1. The maximum Gasteiger partial charge on any atom is 0.161 e. The normalized spacial score (nSPS) is 11.6. The van der Waals surface area contributed by atoms with Gasteiger partial charge in [-0.3, -0.25) is 4.79 Å². The van der Waals surface area contributed by atoms with Crippen LogP contribution in [-0.4, -0.2) is 12.9 Å². The van der Waals surface area contributed by atoms with Gasteiger partial charge in [0.05, 0.1) is 7.11 Å². The van der Waals surface area contributed by atoms with Crippen molar-refractivity contribution in [1.82, 2.24) is 0 Å². The van der Waals surface area contributed by atoms with Crippen molar-refractivity contribution < 1.29 is 9.53 Å². The number of rotatable bonds is 4. The van der Waals surface area contributed by atoms with E-state index in [9.17, 15) is 4.79 Å². The molecule has 0 bridgehead atoms. The molecule has 0 heterocycles. The Morgan fingerprint density at radius 2 is 1.87 bits per heavy atom. The highest BCUT2D eigenvalue weighted by atomic mass is 16.5. The standard InChI is InChI=1S/C13H16O2/c1-10(2)12(14)9-13(15-3)11-7-5-4-6-8-11/h4-10H,1-3H3/b13-9-. The third-order valence-corrected chi connectivity index (χ3v) is 2.12. The van der Waals surface area contributed by atoms with E-state index in [0.717, 1.165) is 5.56 Å². The second-order valence-electron chi connectivity index (χ2n) is 3.64. The monoisotopic (exact) mass is 204 g/mol. The van der Waals surface area contributed by atoms with Gasteiger partial charge in [0.15, 0.2) is 5.78 Å². The molecule has 0 aliphatic heterocycles. The number of carbonyl (C=O) groups excluding carboxylic acids is 1. The summed E-state index contributed by atoms with van der Waals surface area (Å²) in [6, 6.07) is 9.61. The fraction of sp³-hybridized carbons (Fsp3) is 0.308. The first-order valence-electron chi connectivity index (χ1n) is 5.00. The van der Waals surface area contributed by atoms with Crippen LogP contribution in [0.1, 0.15) is 19.4 Å². The van der Waals surface area contributed by atoms with Crippen molar-refractivity contribution >= 4 is 11.5 Å². The molecule has 0 aliphatic carbocycles. The number of hydrogen-bond acceptors (Lipinski definition) is 2. The van der Waals surface area contributed by atoms with Crippen LogP contribution in [0.2, 0.25) is 0 Å². The van der Waals surface area contributed by atoms with Crippen molar-refractivity contribution in [3.8, 4) is 0 Å².